The number of methoxy groups -OCH3 is 1. The summed E-state index contributed by atoms with van der Waals surface area (Å²) in [5, 5.41) is 2.73. The van der Waals surface area contributed by atoms with Crippen LogP contribution in [-0.2, 0) is 24.3 Å². The van der Waals surface area contributed by atoms with Gasteiger partial charge in [-0.15, -0.1) is 0 Å². The first-order valence-corrected chi connectivity index (χ1v) is 12.3. The molecule has 0 aromatic heterocycles. The third-order valence-corrected chi connectivity index (χ3v) is 7.89. The Bertz CT molecular complexity index is 1150. The Kier molecular flexibility index (Phi) is 8.12. The standard InChI is InChI=1S/C23H27ClN2O6S/c1-15-6-4-8-20(16(15)2)25-22(27)14-26(13-18-7-5-11-32-18)33(29,30)21-12-17(23(28)31-3)9-10-19(21)24/h4,6,8-10,12,18H,5,7,11,13-14H2,1-3H3,(H,25,27). The van der Waals surface area contributed by atoms with E-state index in [1.807, 2.05) is 26.0 Å². The second kappa shape index (κ2) is 10.6. The van der Waals surface area contributed by atoms with Crippen molar-refractivity contribution in [2.75, 3.05) is 32.1 Å². The zero-order chi connectivity index (χ0) is 24.2. The minimum atomic E-state index is -4.24. The molecule has 1 N–H and O–H groups in total. The molecule has 1 amide bonds. The quantitative estimate of drug-likeness (QED) is 0.563. The maximum Gasteiger partial charge on any atom is 0.337 e. The number of hydrogen-bond acceptors (Lipinski definition) is 6. The molecule has 3 rings (SSSR count). The van der Waals surface area contributed by atoms with Crippen LogP contribution in [0.1, 0.15) is 34.3 Å². The molecule has 0 aliphatic carbocycles. The van der Waals surface area contributed by atoms with Gasteiger partial charge in [0.1, 0.15) is 4.90 Å². The zero-order valence-electron chi connectivity index (χ0n) is 18.8. The largest absolute Gasteiger partial charge is 0.465 e. The summed E-state index contributed by atoms with van der Waals surface area (Å²) in [5.41, 5.74) is 2.55. The Morgan fingerprint density at radius 1 is 1.24 bits per heavy atom. The Morgan fingerprint density at radius 3 is 2.67 bits per heavy atom. The van der Waals surface area contributed by atoms with Gasteiger partial charge in [-0.1, -0.05) is 23.7 Å². The summed E-state index contributed by atoms with van der Waals surface area (Å²) in [4.78, 5) is 24.5. The zero-order valence-corrected chi connectivity index (χ0v) is 20.3. The molecule has 1 fully saturated rings. The average Bonchev–Trinajstić information content (AvgIpc) is 3.29. The van der Waals surface area contributed by atoms with Crippen molar-refractivity contribution in [3.63, 3.8) is 0 Å². The van der Waals surface area contributed by atoms with Crippen molar-refractivity contribution in [1.82, 2.24) is 4.31 Å². The number of halogens is 1. The van der Waals surface area contributed by atoms with E-state index in [9.17, 15) is 18.0 Å². The lowest BCUT2D eigenvalue weighted by molar-refractivity contribution is -0.116. The molecule has 8 nitrogen and oxygen atoms in total. The fourth-order valence-electron chi connectivity index (χ4n) is 3.58. The molecular weight excluding hydrogens is 468 g/mol. The molecule has 178 valence electrons. The van der Waals surface area contributed by atoms with E-state index in [-0.39, 0.29) is 28.1 Å². The van der Waals surface area contributed by atoms with Gasteiger partial charge in [-0.3, -0.25) is 4.79 Å². The van der Waals surface area contributed by atoms with Crippen LogP contribution in [0.3, 0.4) is 0 Å². The number of esters is 1. The average molecular weight is 495 g/mol. The number of nitrogens with one attached hydrogen (secondary N) is 1. The van der Waals surface area contributed by atoms with Gasteiger partial charge < -0.3 is 14.8 Å². The van der Waals surface area contributed by atoms with E-state index in [1.165, 1.54) is 19.2 Å². The summed E-state index contributed by atoms with van der Waals surface area (Å²) in [5.74, 6) is -1.19. The minimum absolute atomic E-state index is 0.0126. The van der Waals surface area contributed by atoms with E-state index in [0.717, 1.165) is 27.9 Å². The SMILES string of the molecule is COC(=O)c1ccc(Cl)c(S(=O)(=O)N(CC(=O)Nc2cccc(C)c2C)CC2CCCO2)c1. The molecule has 0 spiro atoms. The third kappa shape index (κ3) is 5.92. The Labute approximate surface area is 198 Å². The van der Waals surface area contributed by atoms with E-state index < -0.39 is 28.4 Å². The van der Waals surface area contributed by atoms with Gasteiger partial charge in [0.2, 0.25) is 15.9 Å². The van der Waals surface area contributed by atoms with Crippen molar-refractivity contribution in [1.29, 1.82) is 0 Å². The van der Waals surface area contributed by atoms with Crippen molar-refractivity contribution in [3.05, 3.63) is 58.1 Å². The van der Waals surface area contributed by atoms with Crippen LogP contribution in [0.15, 0.2) is 41.3 Å². The number of aryl methyl sites for hydroxylation is 1. The van der Waals surface area contributed by atoms with Gasteiger partial charge in [0.05, 0.1) is 30.3 Å². The van der Waals surface area contributed by atoms with Crippen molar-refractivity contribution < 1.29 is 27.5 Å². The second-order valence-corrected chi connectivity index (χ2v) is 10.2. The van der Waals surface area contributed by atoms with Crippen LogP contribution in [0.4, 0.5) is 5.69 Å². The van der Waals surface area contributed by atoms with Gasteiger partial charge in [-0.2, -0.15) is 4.31 Å². The number of carbonyl (C=O) groups excluding carboxylic acids is 2. The highest BCUT2D eigenvalue weighted by Gasteiger charge is 2.33. The van der Waals surface area contributed by atoms with Crippen molar-refractivity contribution in [2.45, 2.75) is 37.7 Å². The molecule has 2 aromatic carbocycles. The highest BCUT2D eigenvalue weighted by Crippen LogP contribution is 2.28. The summed E-state index contributed by atoms with van der Waals surface area (Å²) in [6, 6.07) is 9.36. The lowest BCUT2D eigenvalue weighted by Crippen LogP contribution is -2.42. The molecule has 1 aliphatic rings. The van der Waals surface area contributed by atoms with Crippen LogP contribution in [0, 0.1) is 13.8 Å². The number of benzene rings is 2. The van der Waals surface area contributed by atoms with Gasteiger partial charge in [-0.25, -0.2) is 13.2 Å². The number of nitrogens with zero attached hydrogens (tertiary/aromatic N) is 1. The minimum Gasteiger partial charge on any atom is -0.465 e. The van der Waals surface area contributed by atoms with E-state index in [2.05, 4.69) is 10.1 Å². The number of anilines is 1. The van der Waals surface area contributed by atoms with Gasteiger partial charge >= 0.3 is 5.97 Å². The third-order valence-electron chi connectivity index (χ3n) is 5.60. The van der Waals surface area contributed by atoms with E-state index in [1.54, 1.807) is 6.07 Å². The van der Waals surface area contributed by atoms with Gasteiger partial charge in [0.25, 0.3) is 0 Å². The molecule has 10 heteroatoms. The first-order valence-electron chi connectivity index (χ1n) is 10.5. The predicted molar refractivity (Wildman–Crippen MR) is 125 cm³/mol. The van der Waals surface area contributed by atoms with E-state index >= 15 is 0 Å². The molecule has 1 saturated heterocycles. The smallest absolute Gasteiger partial charge is 0.337 e. The number of carbonyl (C=O) groups is 2. The molecule has 2 aromatic rings. The van der Waals surface area contributed by atoms with Crippen molar-refractivity contribution >= 4 is 39.2 Å². The molecule has 0 saturated carbocycles. The van der Waals surface area contributed by atoms with Crippen LogP contribution >= 0.6 is 11.6 Å². The number of rotatable bonds is 8. The Morgan fingerprint density at radius 2 is 2.00 bits per heavy atom. The molecule has 1 aliphatic heterocycles. The summed E-state index contributed by atoms with van der Waals surface area (Å²) >= 11 is 6.20. The van der Waals surface area contributed by atoms with Gasteiger partial charge in [0, 0.05) is 18.8 Å². The number of sulfonamides is 1. The number of amides is 1. The molecule has 1 heterocycles. The fourth-order valence-corrected chi connectivity index (χ4v) is 5.51. The lowest BCUT2D eigenvalue weighted by Gasteiger charge is -2.25. The van der Waals surface area contributed by atoms with Crippen LogP contribution < -0.4 is 5.32 Å². The monoisotopic (exact) mass is 494 g/mol. The first kappa shape index (κ1) is 25.2. The number of ether oxygens (including phenoxy) is 2. The second-order valence-electron chi connectivity index (χ2n) is 7.87. The highest BCUT2D eigenvalue weighted by atomic mass is 35.5. The maximum absolute atomic E-state index is 13.6. The Hall–Kier alpha value is -2.46. The molecule has 0 radical (unpaired) electrons. The molecule has 0 bridgehead atoms. The van der Waals surface area contributed by atoms with Gasteiger partial charge in [0.15, 0.2) is 0 Å². The molecular formula is C23H27ClN2O6S. The molecule has 33 heavy (non-hydrogen) atoms. The van der Waals surface area contributed by atoms with Crippen molar-refractivity contribution in [2.24, 2.45) is 0 Å². The Balaban J connectivity index is 1.92. The van der Waals surface area contributed by atoms with E-state index in [4.69, 9.17) is 16.3 Å². The molecule has 1 unspecified atom stereocenters. The predicted octanol–water partition coefficient (Wildman–Crippen LogP) is 3.55. The topological polar surface area (TPSA) is 102 Å². The van der Waals surface area contributed by atoms with Crippen LogP contribution in [0.2, 0.25) is 5.02 Å². The van der Waals surface area contributed by atoms with Crippen LogP contribution in [-0.4, -0.2) is 57.5 Å². The van der Waals surface area contributed by atoms with Crippen LogP contribution in [0.25, 0.3) is 0 Å². The lowest BCUT2D eigenvalue weighted by atomic mass is 10.1. The highest BCUT2D eigenvalue weighted by molar-refractivity contribution is 7.89. The number of hydrogen-bond donors (Lipinski definition) is 1. The summed E-state index contributed by atoms with van der Waals surface area (Å²) in [6.07, 6.45) is 1.16. The van der Waals surface area contributed by atoms with Crippen molar-refractivity contribution in [3.8, 4) is 0 Å². The normalized spacial score (nSPS) is 16.1. The summed E-state index contributed by atoms with van der Waals surface area (Å²) < 4.78 is 38.5. The molecule has 1 atom stereocenters. The van der Waals surface area contributed by atoms with Crippen LogP contribution in [0.5, 0.6) is 0 Å². The first-order chi connectivity index (χ1) is 15.6. The van der Waals surface area contributed by atoms with E-state index in [0.29, 0.717) is 18.7 Å². The maximum atomic E-state index is 13.6. The fraction of sp³-hybridized carbons (Fsp3) is 0.391. The summed E-state index contributed by atoms with van der Waals surface area (Å²) in [7, 11) is -3.04. The van der Waals surface area contributed by atoms with Gasteiger partial charge in [-0.05, 0) is 62.1 Å². The summed E-state index contributed by atoms with van der Waals surface area (Å²) in [6.45, 7) is 3.89.